The molecule has 0 aromatic heterocycles. The summed E-state index contributed by atoms with van der Waals surface area (Å²) in [4.78, 5) is 2.45. The van der Waals surface area contributed by atoms with Gasteiger partial charge in [-0.05, 0) is 49.7 Å². The van der Waals surface area contributed by atoms with Gasteiger partial charge in [-0.3, -0.25) is 4.90 Å². The molecule has 2 fully saturated rings. The molecule has 3 atom stereocenters. The highest BCUT2D eigenvalue weighted by Gasteiger charge is 2.40. The fourth-order valence-corrected chi connectivity index (χ4v) is 4.24. The number of aliphatic hydroxyl groups excluding tert-OH is 1. The maximum absolute atomic E-state index is 9.78. The van der Waals surface area contributed by atoms with E-state index in [1.807, 2.05) is 19.1 Å². The van der Waals surface area contributed by atoms with Crippen LogP contribution in [0.25, 0.3) is 0 Å². The Morgan fingerprint density at radius 3 is 2.42 bits per heavy atom. The second-order valence-electron chi connectivity index (χ2n) is 7.01. The van der Waals surface area contributed by atoms with Crippen molar-refractivity contribution in [3.8, 4) is 11.5 Å². The van der Waals surface area contributed by atoms with Crippen LogP contribution in [0.2, 0.25) is 5.02 Å². The van der Waals surface area contributed by atoms with E-state index in [-0.39, 0.29) is 6.10 Å². The molecule has 0 amide bonds. The van der Waals surface area contributed by atoms with Crippen LogP contribution < -0.4 is 9.47 Å². The van der Waals surface area contributed by atoms with Crippen LogP contribution in [0.3, 0.4) is 0 Å². The molecule has 1 unspecified atom stereocenters. The monoisotopic (exact) mass is 353 g/mol. The molecule has 0 radical (unpaired) electrons. The highest BCUT2D eigenvalue weighted by Crippen LogP contribution is 2.40. The van der Waals surface area contributed by atoms with Crippen molar-refractivity contribution in [3.05, 3.63) is 22.7 Å². The molecule has 1 saturated heterocycles. The Hall–Kier alpha value is -0.970. The number of aliphatic hydroxyl groups is 1. The lowest BCUT2D eigenvalue weighted by atomic mass is 10.0. The van der Waals surface area contributed by atoms with Crippen molar-refractivity contribution in [2.45, 2.75) is 45.8 Å². The topological polar surface area (TPSA) is 41.9 Å². The van der Waals surface area contributed by atoms with Gasteiger partial charge in [0.05, 0.1) is 19.3 Å². The predicted octanol–water partition coefficient (Wildman–Crippen LogP) is 3.73. The number of halogens is 1. The lowest BCUT2D eigenvalue weighted by Crippen LogP contribution is -2.23. The second-order valence-corrected chi connectivity index (χ2v) is 7.42. The van der Waals surface area contributed by atoms with Crippen LogP contribution in [0, 0.1) is 11.8 Å². The Kier molecular flexibility index (Phi) is 5.90. The molecule has 0 bridgehead atoms. The smallest absolute Gasteiger partial charge is 0.162 e. The zero-order chi connectivity index (χ0) is 17.1. The molecule has 134 valence electrons. The van der Waals surface area contributed by atoms with E-state index in [0.29, 0.717) is 25.0 Å². The van der Waals surface area contributed by atoms with E-state index in [4.69, 9.17) is 21.1 Å². The van der Waals surface area contributed by atoms with Gasteiger partial charge in [-0.1, -0.05) is 18.5 Å². The van der Waals surface area contributed by atoms with Crippen LogP contribution in [0.5, 0.6) is 11.5 Å². The molecule has 0 spiro atoms. The first kappa shape index (κ1) is 17.8. The number of nitrogens with zero attached hydrogens (tertiary/aromatic N) is 1. The van der Waals surface area contributed by atoms with Gasteiger partial charge >= 0.3 is 0 Å². The Balaban J connectivity index is 1.70. The van der Waals surface area contributed by atoms with Crippen molar-refractivity contribution in [1.82, 2.24) is 4.90 Å². The quantitative estimate of drug-likeness (QED) is 0.811. The SMILES string of the molecule is CCCOc1cc(Cl)c(CN2C[C@H]3CC(O)C[C@H]3C2)cc1OCC. The Morgan fingerprint density at radius 2 is 1.79 bits per heavy atom. The third-order valence-electron chi connectivity index (χ3n) is 5.07. The molecule has 3 rings (SSSR count). The number of hydrogen-bond acceptors (Lipinski definition) is 4. The molecular formula is C19H28ClNO3. The van der Waals surface area contributed by atoms with Crippen molar-refractivity contribution in [2.24, 2.45) is 11.8 Å². The molecule has 1 aliphatic heterocycles. The van der Waals surface area contributed by atoms with Gasteiger partial charge in [0.15, 0.2) is 11.5 Å². The van der Waals surface area contributed by atoms with Crippen LogP contribution in [0.4, 0.5) is 0 Å². The number of fused-ring (bicyclic) bond motifs is 1. The summed E-state index contributed by atoms with van der Waals surface area (Å²) in [5, 5.41) is 10.5. The first-order valence-corrected chi connectivity index (χ1v) is 9.46. The summed E-state index contributed by atoms with van der Waals surface area (Å²) in [6, 6.07) is 3.91. The van der Waals surface area contributed by atoms with Crippen molar-refractivity contribution in [3.63, 3.8) is 0 Å². The third kappa shape index (κ3) is 3.98. The molecule has 1 heterocycles. The van der Waals surface area contributed by atoms with Gasteiger partial charge < -0.3 is 14.6 Å². The third-order valence-corrected chi connectivity index (χ3v) is 5.42. The summed E-state index contributed by atoms with van der Waals surface area (Å²) >= 11 is 6.50. The maximum atomic E-state index is 9.78. The number of likely N-dealkylation sites (tertiary alicyclic amines) is 1. The normalized spacial score (nSPS) is 26.6. The van der Waals surface area contributed by atoms with Gasteiger partial charge in [0.2, 0.25) is 0 Å². The van der Waals surface area contributed by atoms with E-state index >= 15 is 0 Å². The largest absolute Gasteiger partial charge is 0.490 e. The number of hydrogen-bond donors (Lipinski definition) is 1. The average Bonchev–Trinajstić information content (AvgIpc) is 3.05. The summed E-state index contributed by atoms with van der Waals surface area (Å²) in [6.07, 6.45) is 2.75. The molecule has 1 saturated carbocycles. The van der Waals surface area contributed by atoms with Crippen molar-refractivity contribution < 1.29 is 14.6 Å². The minimum atomic E-state index is -0.0923. The Bertz CT molecular complexity index is 552. The minimum absolute atomic E-state index is 0.0923. The summed E-state index contributed by atoms with van der Waals surface area (Å²) in [5.74, 6) is 2.78. The molecular weight excluding hydrogens is 326 g/mol. The van der Waals surface area contributed by atoms with Crippen LogP contribution >= 0.6 is 11.6 Å². The van der Waals surface area contributed by atoms with E-state index in [1.54, 1.807) is 0 Å². The summed E-state index contributed by atoms with van der Waals surface area (Å²) in [7, 11) is 0. The van der Waals surface area contributed by atoms with E-state index in [2.05, 4.69) is 11.8 Å². The fraction of sp³-hybridized carbons (Fsp3) is 0.684. The van der Waals surface area contributed by atoms with E-state index < -0.39 is 0 Å². The fourth-order valence-electron chi connectivity index (χ4n) is 4.03. The standard InChI is InChI=1S/C19H28ClNO3/c1-3-5-24-19-9-17(20)15(8-18(19)23-4-2)12-21-10-13-6-16(22)7-14(13)11-21/h8-9,13-14,16,22H,3-7,10-12H2,1-2H3/t13-,14+,16?. The lowest BCUT2D eigenvalue weighted by Gasteiger charge is -2.20. The average molecular weight is 354 g/mol. The van der Waals surface area contributed by atoms with E-state index in [1.165, 1.54) is 0 Å². The first-order chi connectivity index (χ1) is 11.6. The van der Waals surface area contributed by atoms with E-state index in [0.717, 1.165) is 61.0 Å². The van der Waals surface area contributed by atoms with Crippen LogP contribution in [0.1, 0.15) is 38.7 Å². The number of benzene rings is 1. The summed E-state index contributed by atoms with van der Waals surface area (Å²) < 4.78 is 11.5. The van der Waals surface area contributed by atoms with Crippen molar-refractivity contribution in [1.29, 1.82) is 0 Å². The molecule has 1 aromatic carbocycles. The maximum Gasteiger partial charge on any atom is 0.162 e. The molecule has 1 N–H and O–H groups in total. The number of rotatable bonds is 7. The van der Waals surface area contributed by atoms with Crippen molar-refractivity contribution >= 4 is 11.6 Å². The summed E-state index contributed by atoms with van der Waals surface area (Å²) in [6.45, 7) is 8.26. The Morgan fingerprint density at radius 1 is 1.12 bits per heavy atom. The zero-order valence-corrected chi connectivity index (χ0v) is 15.4. The van der Waals surface area contributed by atoms with E-state index in [9.17, 15) is 5.11 Å². The molecule has 1 aliphatic carbocycles. The predicted molar refractivity (Wildman–Crippen MR) is 95.9 cm³/mol. The summed E-state index contributed by atoms with van der Waals surface area (Å²) in [5.41, 5.74) is 1.09. The second kappa shape index (κ2) is 7.94. The van der Waals surface area contributed by atoms with Crippen molar-refractivity contribution in [2.75, 3.05) is 26.3 Å². The Labute approximate surface area is 149 Å². The minimum Gasteiger partial charge on any atom is -0.490 e. The molecule has 2 aliphatic rings. The highest BCUT2D eigenvalue weighted by atomic mass is 35.5. The van der Waals surface area contributed by atoms with Gasteiger partial charge in [0.1, 0.15) is 0 Å². The molecule has 4 nitrogen and oxygen atoms in total. The zero-order valence-electron chi connectivity index (χ0n) is 14.6. The van der Waals surface area contributed by atoms with Gasteiger partial charge in [-0.2, -0.15) is 0 Å². The lowest BCUT2D eigenvalue weighted by molar-refractivity contribution is 0.161. The first-order valence-electron chi connectivity index (χ1n) is 9.09. The molecule has 24 heavy (non-hydrogen) atoms. The van der Waals surface area contributed by atoms with Crippen LogP contribution in [-0.4, -0.2) is 42.4 Å². The molecule has 1 aromatic rings. The highest BCUT2D eigenvalue weighted by molar-refractivity contribution is 6.31. The van der Waals surface area contributed by atoms with Crippen LogP contribution in [0.15, 0.2) is 12.1 Å². The number of ether oxygens (including phenoxy) is 2. The van der Waals surface area contributed by atoms with Gasteiger partial charge in [-0.25, -0.2) is 0 Å². The van der Waals surface area contributed by atoms with Gasteiger partial charge in [0, 0.05) is 30.7 Å². The van der Waals surface area contributed by atoms with Gasteiger partial charge in [0.25, 0.3) is 0 Å². The van der Waals surface area contributed by atoms with Gasteiger partial charge in [-0.15, -0.1) is 0 Å². The van der Waals surface area contributed by atoms with Crippen LogP contribution in [-0.2, 0) is 6.54 Å². The molecule has 5 heteroatoms.